The molecule has 2 aromatic carbocycles. The zero-order valence-corrected chi connectivity index (χ0v) is 23.1. The number of hydrogen-bond donors (Lipinski definition) is 3. The molecule has 39 heavy (non-hydrogen) atoms. The minimum absolute atomic E-state index is 0.0126. The summed E-state index contributed by atoms with van der Waals surface area (Å²) in [6.45, 7) is 3.46. The molecule has 3 amide bonds. The van der Waals surface area contributed by atoms with Crippen LogP contribution in [0.25, 0.3) is 0 Å². The quantitative estimate of drug-likeness (QED) is 0.407. The molecule has 2 aromatic rings. The van der Waals surface area contributed by atoms with E-state index in [9.17, 15) is 14.4 Å². The van der Waals surface area contributed by atoms with Crippen molar-refractivity contribution in [3.05, 3.63) is 53.6 Å². The third-order valence-corrected chi connectivity index (χ3v) is 7.86. The van der Waals surface area contributed by atoms with Crippen LogP contribution in [0.2, 0.25) is 0 Å². The van der Waals surface area contributed by atoms with Crippen LogP contribution in [-0.4, -0.2) is 62.2 Å². The van der Waals surface area contributed by atoms with Gasteiger partial charge in [0.15, 0.2) is 0 Å². The number of likely N-dealkylation sites (tertiary alicyclic amines) is 1. The van der Waals surface area contributed by atoms with E-state index in [1.165, 1.54) is 7.11 Å². The maximum atomic E-state index is 13.3. The van der Waals surface area contributed by atoms with E-state index in [-0.39, 0.29) is 36.3 Å². The van der Waals surface area contributed by atoms with Crippen molar-refractivity contribution in [1.82, 2.24) is 10.2 Å². The smallest absolute Gasteiger partial charge is 0.323 e. The number of ether oxygens (including phenoxy) is 2. The van der Waals surface area contributed by atoms with Gasteiger partial charge in [-0.1, -0.05) is 24.3 Å². The molecule has 2 fully saturated rings. The van der Waals surface area contributed by atoms with Crippen molar-refractivity contribution < 1.29 is 23.9 Å². The average Bonchev–Trinajstić information content (AvgIpc) is 3.43. The molecule has 1 atom stereocenters. The number of amides is 3. The average molecular weight is 537 g/mol. The fourth-order valence-electron chi connectivity index (χ4n) is 5.59. The lowest BCUT2D eigenvalue weighted by Crippen LogP contribution is -2.45. The Balaban J connectivity index is 1.29. The molecule has 9 heteroatoms. The van der Waals surface area contributed by atoms with E-state index >= 15 is 0 Å². The van der Waals surface area contributed by atoms with E-state index in [0.717, 1.165) is 68.4 Å². The van der Waals surface area contributed by atoms with Crippen LogP contribution in [0, 0.1) is 12.8 Å². The van der Waals surface area contributed by atoms with Gasteiger partial charge < -0.3 is 30.3 Å². The number of rotatable bonds is 9. The van der Waals surface area contributed by atoms with Gasteiger partial charge in [0.25, 0.3) is 0 Å². The summed E-state index contributed by atoms with van der Waals surface area (Å²) in [4.78, 5) is 39.6. The normalized spacial score (nSPS) is 20.8. The van der Waals surface area contributed by atoms with Crippen LogP contribution in [0.5, 0.6) is 5.75 Å². The number of benzene rings is 2. The number of esters is 1. The first kappa shape index (κ1) is 28.4. The van der Waals surface area contributed by atoms with Crippen LogP contribution < -0.4 is 20.7 Å². The van der Waals surface area contributed by atoms with Gasteiger partial charge in [-0.15, -0.1) is 0 Å². The molecule has 1 heterocycles. The molecule has 4 rings (SSSR count). The molecule has 1 saturated heterocycles. The molecule has 1 aliphatic carbocycles. The Kier molecular flexibility index (Phi) is 9.81. The minimum atomic E-state index is -0.363. The van der Waals surface area contributed by atoms with Crippen molar-refractivity contribution >= 4 is 29.3 Å². The first-order valence-electron chi connectivity index (χ1n) is 13.8. The van der Waals surface area contributed by atoms with Gasteiger partial charge in [0.1, 0.15) is 5.75 Å². The second kappa shape index (κ2) is 13.5. The molecule has 1 unspecified atom stereocenters. The van der Waals surface area contributed by atoms with E-state index in [2.05, 4.69) is 16.0 Å². The van der Waals surface area contributed by atoms with Crippen LogP contribution in [0.15, 0.2) is 42.5 Å². The van der Waals surface area contributed by atoms with Gasteiger partial charge in [-0.05, 0) is 74.8 Å². The first-order valence-corrected chi connectivity index (χ1v) is 13.8. The summed E-state index contributed by atoms with van der Waals surface area (Å²) < 4.78 is 10.4. The number of nitrogens with zero attached hydrogens (tertiary/aromatic N) is 1. The van der Waals surface area contributed by atoms with Crippen LogP contribution in [0.1, 0.15) is 49.7 Å². The number of carbonyl (C=O) groups is 3. The minimum Gasteiger partial charge on any atom is -0.495 e. The van der Waals surface area contributed by atoms with Crippen LogP contribution in [-0.2, 0) is 20.7 Å². The van der Waals surface area contributed by atoms with E-state index in [1.54, 1.807) is 13.2 Å². The zero-order valence-electron chi connectivity index (χ0n) is 23.1. The van der Waals surface area contributed by atoms with E-state index in [1.807, 2.05) is 48.2 Å². The summed E-state index contributed by atoms with van der Waals surface area (Å²) in [5, 5.41) is 9.33. The lowest BCUT2D eigenvalue weighted by Gasteiger charge is -2.31. The molecule has 2 aliphatic rings. The number of aryl methyl sites for hydroxylation is 1. The molecule has 210 valence electrons. The molecule has 0 radical (unpaired) electrons. The molecule has 9 nitrogen and oxygen atoms in total. The van der Waals surface area contributed by atoms with Crippen molar-refractivity contribution in [3.8, 4) is 5.75 Å². The molecule has 0 spiro atoms. The van der Waals surface area contributed by atoms with Crippen LogP contribution in [0.3, 0.4) is 0 Å². The second-order valence-corrected chi connectivity index (χ2v) is 10.5. The fraction of sp³-hybridized carbons (Fsp3) is 0.500. The van der Waals surface area contributed by atoms with Crippen molar-refractivity contribution in [2.75, 3.05) is 37.9 Å². The highest BCUT2D eigenvalue weighted by atomic mass is 16.5. The van der Waals surface area contributed by atoms with E-state index < -0.39 is 0 Å². The zero-order chi connectivity index (χ0) is 27.8. The first-order chi connectivity index (χ1) is 18.9. The Hall–Kier alpha value is -3.59. The molecular formula is C30H40N4O5. The van der Waals surface area contributed by atoms with Crippen molar-refractivity contribution in [2.45, 2.75) is 64.0 Å². The van der Waals surface area contributed by atoms with Gasteiger partial charge in [0, 0.05) is 30.9 Å². The second-order valence-electron chi connectivity index (χ2n) is 10.5. The topological polar surface area (TPSA) is 109 Å². The number of methoxy groups -OCH3 is 2. The predicted octanol–water partition coefficient (Wildman–Crippen LogP) is 4.50. The SMILES string of the molecule is COc1cc(CC(=O)N2CCCC2CN[C@H]2CC[C@@H](C(=O)OC)CC2)ccc1NC(=O)Nc1ccccc1C. The summed E-state index contributed by atoms with van der Waals surface area (Å²) in [7, 11) is 3.00. The summed E-state index contributed by atoms with van der Waals surface area (Å²) in [6, 6.07) is 13.2. The molecule has 3 N–H and O–H groups in total. The van der Waals surface area contributed by atoms with E-state index in [0.29, 0.717) is 17.5 Å². The lowest BCUT2D eigenvalue weighted by atomic mass is 9.86. The highest BCUT2D eigenvalue weighted by molar-refractivity contribution is 6.01. The Morgan fingerprint density at radius 2 is 1.69 bits per heavy atom. The number of anilines is 2. The molecule has 1 aliphatic heterocycles. The summed E-state index contributed by atoms with van der Waals surface area (Å²) in [5.74, 6) is 0.502. The molecule has 1 saturated carbocycles. The van der Waals surface area contributed by atoms with Gasteiger partial charge in [-0.2, -0.15) is 0 Å². The highest BCUT2D eigenvalue weighted by Crippen LogP contribution is 2.28. The van der Waals surface area contributed by atoms with E-state index in [4.69, 9.17) is 9.47 Å². The molecular weight excluding hydrogens is 496 g/mol. The van der Waals surface area contributed by atoms with Crippen molar-refractivity contribution in [3.63, 3.8) is 0 Å². The Morgan fingerprint density at radius 1 is 0.949 bits per heavy atom. The maximum Gasteiger partial charge on any atom is 0.323 e. The number of nitrogens with one attached hydrogen (secondary N) is 3. The number of carbonyl (C=O) groups excluding carboxylic acids is 3. The van der Waals surface area contributed by atoms with Crippen LogP contribution >= 0.6 is 0 Å². The lowest BCUT2D eigenvalue weighted by molar-refractivity contribution is -0.146. The number of urea groups is 1. The largest absolute Gasteiger partial charge is 0.495 e. The predicted molar refractivity (Wildman–Crippen MR) is 151 cm³/mol. The van der Waals surface area contributed by atoms with Crippen molar-refractivity contribution in [2.24, 2.45) is 5.92 Å². The monoisotopic (exact) mass is 536 g/mol. The molecule has 0 bridgehead atoms. The summed E-state index contributed by atoms with van der Waals surface area (Å²) >= 11 is 0. The molecule has 0 aromatic heterocycles. The van der Waals surface area contributed by atoms with Gasteiger partial charge in [0.05, 0.1) is 32.2 Å². The Labute approximate surface area is 230 Å². The number of hydrogen-bond acceptors (Lipinski definition) is 6. The van der Waals surface area contributed by atoms with Gasteiger partial charge in [0.2, 0.25) is 5.91 Å². The van der Waals surface area contributed by atoms with Crippen LogP contribution in [0.4, 0.5) is 16.2 Å². The summed E-state index contributed by atoms with van der Waals surface area (Å²) in [5.41, 5.74) is 3.07. The number of para-hydroxylation sites is 1. The summed E-state index contributed by atoms with van der Waals surface area (Å²) in [6.07, 6.45) is 5.84. The maximum absolute atomic E-state index is 13.3. The van der Waals surface area contributed by atoms with Gasteiger partial charge >= 0.3 is 12.0 Å². The fourth-order valence-corrected chi connectivity index (χ4v) is 5.59. The third-order valence-electron chi connectivity index (χ3n) is 7.86. The van der Waals surface area contributed by atoms with Crippen molar-refractivity contribution in [1.29, 1.82) is 0 Å². The van der Waals surface area contributed by atoms with Gasteiger partial charge in [-0.25, -0.2) is 4.79 Å². The Morgan fingerprint density at radius 3 is 2.41 bits per heavy atom. The highest BCUT2D eigenvalue weighted by Gasteiger charge is 2.31. The van der Waals surface area contributed by atoms with Gasteiger partial charge in [-0.3, -0.25) is 9.59 Å². The third kappa shape index (κ3) is 7.50. The Bertz CT molecular complexity index is 1160. The standard InChI is InChI=1S/C30H40N4O5/c1-20-7-4-5-9-25(20)32-30(37)33-26-15-10-21(17-27(26)38-2)18-28(35)34-16-6-8-24(34)19-31-23-13-11-22(12-14-23)29(36)39-3/h4-5,7,9-10,15,17,22-24,31H,6,8,11-14,16,18-19H2,1-3H3,(H2,32,33,37)/t22-,23+,24?.